The zero-order valence-electron chi connectivity index (χ0n) is 13.1. The third-order valence-corrected chi connectivity index (χ3v) is 10.4. The van der Waals surface area contributed by atoms with Crippen LogP contribution in [-0.4, -0.2) is 46.7 Å². The van der Waals surface area contributed by atoms with Crippen molar-refractivity contribution in [3.05, 3.63) is 0 Å². The van der Waals surface area contributed by atoms with E-state index in [0.29, 0.717) is 24.2 Å². The maximum absolute atomic E-state index is 2.75. The van der Waals surface area contributed by atoms with Crippen molar-refractivity contribution in [2.24, 2.45) is 0 Å². The van der Waals surface area contributed by atoms with E-state index < -0.39 is 14.8 Å². The van der Waals surface area contributed by atoms with Crippen LogP contribution < -0.4 is 12.4 Å². The van der Waals surface area contributed by atoms with Crippen LogP contribution in [0, 0.1) is 0 Å². The van der Waals surface area contributed by atoms with E-state index >= 15 is 0 Å². The summed E-state index contributed by atoms with van der Waals surface area (Å²) in [5.74, 6) is 2.50. The molecule has 0 saturated heterocycles. The van der Waals surface area contributed by atoms with Crippen molar-refractivity contribution >= 4 is 14.8 Å². The van der Waals surface area contributed by atoms with Crippen molar-refractivity contribution in [2.45, 2.75) is 85.3 Å². The minimum Gasteiger partial charge on any atom is -1.00 e. The van der Waals surface area contributed by atoms with E-state index in [-0.39, 0.29) is 12.4 Å². The maximum atomic E-state index is 2.75. The largest absolute Gasteiger partial charge is 1.00 e. The normalized spacial score (nSPS) is 12.2. The molecule has 0 saturated carbocycles. The summed E-state index contributed by atoms with van der Waals surface area (Å²) in [4.78, 5) is 0. The second-order valence-electron chi connectivity index (χ2n) is 5.74. The van der Waals surface area contributed by atoms with Gasteiger partial charge in [-0.1, -0.05) is 0 Å². The molecule has 0 radical (unpaired) electrons. The molecule has 0 aromatic carbocycles. The molecule has 0 amide bonds. The minimum absolute atomic E-state index is 0. The Morgan fingerprint density at radius 2 is 0.765 bits per heavy atom. The van der Waals surface area contributed by atoms with Gasteiger partial charge in [-0.25, -0.2) is 0 Å². The van der Waals surface area contributed by atoms with Gasteiger partial charge in [0.2, 0.25) is 0 Å². The van der Waals surface area contributed by atoms with Gasteiger partial charge in [-0.2, -0.15) is 0 Å². The quantitative estimate of drug-likeness (QED) is 0.651. The van der Waals surface area contributed by atoms with E-state index in [1.807, 2.05) is 0 Å². The summed E-state index contributed by atoms with van der Waals surface area (Å²) in [7, 11) is 0. The minimum atomic E-state index is -1.30. The van der Waals surface area contributed by atoms with Gasteiger partial charge in [-0.05, 0) is 0 Å². The molecule has 0 spiro atoms. The molecule has 0 bridgehead atoms. The molecule has 0 aliphatic carbocycles. The van der Waals surface area contributed by atoms with E-state index in [9.17, 15) is 0 Å². The molecule has 0 aromatic rings. The molecule has 0 atom stereocenters. The maximum Gasteiger partial charge on any atom is -1.00 e. The van der Waals surface area contributed by atoms with Crippen LogP contribution >= 0.6 is 0 Å². The molecule has 0 unspecified atom stereocenters. The summed E-state index contributed by atoms with van der Waals surface area (Å²) in [6, 6.07) is 2.67. The molecule has 0 heterocycles. The first-order chi connectivity index (χ1) is 7.20. The average Bonchev–Trinajstić information content (AvgIpc) is 1.99. The number of hydrogen-bond acceptors (Lipinski definition) is 2. The summed E-state index contributed by atoms with van der Waals surface area (Å²) < 4.78 is 5.50. The molecule has 4 heteroatoms. The Morgan fingerprint density at radius 3 is 0.882 bits per heavy atom. The summed E-state index contributed by atoms with van der Waals surface area (Å²) in [6.45, 7) is 18.6. The van der Waals surface area contributed by atoms with Gasteiger partial charge in [0.25, 0.3) is 0 Å². The first-order valence-corrected chi connectivity index (χ1v) is 10.6. The first kappa shape index (κ1) is 20.1. The number of halogens is 1. The number of hydrogen-bond donors (Lipinski definition) is 0. The molecule has 0 aliphatic rings. The fourth-order valence-corrected chi connectivity index (χ4v) is 9.65. The van der Waals surface area contributed by atoms with Crippen molar-refractivity contribution in [2.75, 3.05) is 0 Å². The van der Waals surface area contributed by atoms with Crippen LogP contribution in [-0.2, 0) is 0 Å². The Bertz CT molecular complexity index is 160. The Labute approximate surface area is 120 Å². The Balaban J connectivity index is 0. The van der Waals surface area contributed by atoms with Gasteiger partial charge in [-0.3, -0.25) is 0 Å². The zero-order chi connectivity index (χ0) is 13.0. The second kappa shape index (κ2) is 8.79. The topological polar surface area (TPSA) is 6.48 Å². The van der Waals surface area contributed by atoms with Gasteiger partial charge in [0.05, 0.1) is 0 Å². The van der Waals surface area contributed by atoms with Crippen LogP contribution in [0.1, 0.15) is 55.4 Å². The van der Waals surface area contributed by atoms with E-state index in [4.69, 9.17) is 0 Å². The summed E-state index contributed by atoms with van der Waals surface area (Å²) in [5, 5.41) is 0. The Morgan fingerprint density at radius 1 is 0.588 bits per heavy atom. The average molecular weight is 323 g/mol. The van der Waals surface area contributed by atoms with Gasteiger partial charge in [0.15, 0.2) is 0 Å². The summed E-state index contributed by atoms with van der Waals surface area (Å²) in [5.41, 5.74) is 0. The smallest absolute Gasteiger partial charge is 1.00 e. The monoisotopic (exact) mass is 324 g/mol. The fourth-order valence-electron chi connectivity index (χ4n) is 2.82. The van der Waals surface area contributed by atoms with Gasteiger partial charge >= 0.3 is 108 Å². The van der Waals surface area contributed by atoms with Gasteiger partial charge in [0.1, 0.15) is 0 Å². The van der Waals surface area contributed by atoms with Crippen molar-refractivity contribution in [1.29, 1.82) is 0 Å². The molecular weight excluding hydrogens is 292 g/mol. The number of nitrogens with zero attached hydrogens (tertiary/aromatic N) is 2. The third-order valence-electron chi connectivity index (χ3n) is 2.97. The predicted octanol–water partition coefficient (Wildman–Crippen LogP) is 0.346. The van der Waals surface area contributed by atoms with Crippen LogP contribution in [0.4, 0.5) is 0 Å². The fraction of sp³-hybridized carbons (Fsp3) is 1.00. The molecule has 0 N–H and O–H groups in total. The molecular formula is C13H31ClGeN2. The molecule has 0 rings (SSSR count). The van der Waals surface area contributed by atoms with Crippen LogP contribution in [0.3, 0.4) is 0 Å². The van der Waals surface area contributed by atoms with Crippen molar-refractivity contribution < 1.29 is 12.4 Å². The SMILES string of the molecule is CC(C)[N](C(C)C)[Ge+]([CH3])[N](C(C)C)C(C)C.[Cl-]. The zero-order valence-corrected chi connectivity index (χ0v) is 15.9. The van der Waals surface area contributed by atoms with E-state index in [0.717, 1.165) is 0 Å². The summed E-state index contributed by atoms with van der Waals surface area (Å²) >= 11 is -1.30. The number of rotatable bonds is 6. The molecule has 0 aliphatic heterocycles. The predicted molar refractivity (Wildman–Crippen MR) is 75.8 cm³/mol. The van der Waals surface area contributed by atoms with E-state index in [2.05, 4.69) is 68.9 Å². The third kappa shape index (κ3) is 5.95. The molecule has 0 fully saturated rings. The van der Waals surface area contributed by atoms with Crippen LogP contribution in [0.2, 0.25) is 5.76 Å². The Hall–Kier alpha value is 0.753. The van der Waals surface area contributed by atoms with Crippen molar-refractivity contribution in [3.8, 4) is 0 Å². The summed E-state index contributed by atoms with van der Waals surface area (Å²) in [6.07, 6.45) is 0. The van der Waals surface area contributed by atoms with E-state index in [1.54, 1.807) is 0 Å². The van der Waals surface area contributed by atoms with Crippen LogP contribution in [0.5, 0.6) is 0 Å². The van der Waals surface area contributed by atoms with Crippen molar-refractivity contribution in [3.63, 3.8) is 0 Å². The van der Waals surface area contributed by atoms with Crippen LogP contribution in [0.25, 0.3) is 0 Å². The molecule has 17 heavy (non-hydrogen) atoms. The first-order valence-electron chi connectivity index (χ1n) is 6.60. The Kier molecular flexibility index (Phi) is 10.4. The van der Waals surface area contributed by atoms with E-state index in [1.165, 1.54) is 0 Å². The molecule has 104 valence electrons. The standard InChI is InChI=1S/C13H31GeN2.ClH/c1-10(2)15(11(3)4)14(9)16(12(5)6)13(7)8;/h10-13H,1-9H3;1H/q+1;/p-1. The van der Waals surface area contributed by atoms with Gasteiger partial charge in [0, 0.05) is 0 Å². The van der Waals surface area contributed by atoms with Crippen LogP contribution in [0.15, 0.2) is 0 Å². The van der Waals surface area contributed by atoms with Crippen molar-refractivity contribution in [1.82, 2.24) is 7.71 Å². The second-order valence-corrected chi connectivity index (χ2v) is 10.2. The van der Waals surface area contributed by atoms with Gasteiger partial charge in [-0.15, -0.1) is 0 Å². The molecule has 2 nitrogen and oxygen atoms in total. The van der Waals surface area contributed by atoms with Gasteiger partial charge < -0.3 is 12.4 Å². The molecule has 0 aromatic heterocycles.